The molecule has 1 N–H and O–H groups in total. The fraction of sp³-hybridized carbons (Fsp3) is 0.333. The summed E-state index contributed by atoms with van der Waals surface area (Å²) in [5.74, 6) is 0.271. The zero-order valence-corrected chi connectivity index (χ0v) is 18.7. The summed E-state index contributed by atoms with van der Waals surface area (Å²) in [5, 5.41) is 11.8. The van der Waals surface area contributed by atoms with Gasteiger partial charge in [-0.3, -0.25) is 9.59 Å². The molecule has 0 aromatic heterocycles. The number of carbonyl (C=O) groups excluding carboxylic acids is 2. The maximum absolute atomic E-state index is 13.4. The van der Waals surface area contributed by atoms with Gasteiger partial charge in [0, 0.05) is 56.6 Å². The maximum atomic E-state index is 13.4. The summed E-state index contributed by atoms with van der Waals surface area (Å²) in [5.41, 5.74) is 1.69. The molecule has 6 heteroatoms. The summed E-state index contributed by atoms with van der Waals surface area (Å²) in [6.45, 7) is 3.95. The molecular formula is C27H29N3O3. The van der Waals surface area contributed by atoms with Crippen LogP contribution in [0, 0.1) is 5.92 Å². The molecule has 2 aliphatic heterocycles. The Balaban J connectivity index is 1.23. The molecule has 6 nitrogen and oxygen atoms in total. The van der Waals surface area contributed by atoms with E-state index >= 15 is 0 Å². The van der Waals surface area contributed by atoms with E-state index in [1.807, 2.05) is 64.4 Å². The van der Waals surface area contributed by atoms with Gasteiger partial charge in [-0.15, -0.1) is 0 Å². The first-order valence-corrected chi connectivity index (χ1v) is 11.7. The van der Waals surface area contributed by atoms with E-state index in [9.17, 15) is 14.7 Å². The van der Waals surface area contributed by atoms with Gasteiger partial charge in [0.25, 0.3) is 5.91 Å². The number of likely N-dealkylation sites (tertiary alicyclic amines) is 1. The molecule has 2 heterocycles. The smallest absolute Gasteiger partial charge is 0.254 e. The van der Waals surface area contributed by atoms with E-state index in [1.165, 1.54) is 0 Å². The molecule has 1 unspecified atom stereocenters. The molecule has 2 amide bonds. The van der Waals surface area contributed by atoms with Crippen LogP contribution >= 0.6 is 0 Å². The highest BCUT2D eigenvalue weighted by molar-refractivity contribution is 6.07. The van der Waals surface area contributed by atoms with E-state index in [0.717, 1.165) is 42.4 Å². The van der Waals surface area contributed by atoms with Gasteiger partial charge in [0.1, 0.15) is 5.75 Å². The number of nitrogens with zero attached hydrogens (tertiary/aromatic N) is 3. The van der Waals surface area contributed by atoms with Crippen LogP contribution in [0.15, 0.2) is 66.7 Å². The number of aromatic hydroxyl groups is 1. The van der Waals surface area contributed by atoms with Crippen LogP contribution in [0.4, 0.5) is 5.69 Å². The number of fused-ring (bicyclic) bond motifs is 1. The predicted molar refractivity (Wildman–Crippen MR) is 129 cm³/mol. The number of anilines is 1. The second-order valence-electron chi connectivity index (χ2n) is 8.95. The highest BCUT2D eigenvalue weighted by atomic mass is 16.3. The van der Waals surface area contributed by atoms with Crippen molar-refractivity contribution in [2.45, 2.75) is 12.8 Å². The molecule has 2 aliphatic rings. The van der Waals surface area contributed by atoms with Crippen molar-refractivity contribution in [2.24, 2.45) is 5.92 Å². The molecule has 1 atom stereocenters. The van der Waals surface area contributed by atoms with Gasteiger partial charge in [0.05, 0.1) is 5.92 Å². The van der Waals surface area contributed by atoms with Gasteiger partial charge in [0.2, 0.25) is 5.91 Å². The average Bonchev–Trinajstić information content (AvgIpc) is 2.87. The largest absolute Gasteiger partial charge is 0.508 e. The van der Waals surface area contributed by atoms with Crippen LogP contribution < -0.4 is 4.90 Å². The Kier molecular flexibility index (Phi) is 5.90. The van der Waals surface area contributed by atoms with Crippen LogP contribution in [0.5, 0.6) is 5.75 Å². The monoisotopic (exact) mass is 443 g/mol. The fourth-order valence-corrected chi connectivity index (χ4v) is 5.08. The van der Waals surface area contributed by atoms with Crippen molar-refractivity contribution in [1.29, 1.82) is 0 Å². The quantitative estimate of drug-likeness (QED) is 0.670. The molecular weight excluding hydrogens is 414 g/mol. The molecule has 2 saturated heterocycles. The normalized spacial score (nSPS) is 19.0. The standard InChI is InChI=1S/C27H29N3O3/c31-23-10-4-9-22(18-23)28-14-16-29(17-15-28)26(32)21-8-5-13-30(19-21)27(33)25-12-3-7-20-6-1-2-11-24(20)25/h1-4,6-7,9-12,18,21,31H,5,8,13-17,19H2. The topological polar surface area (TPSA) is 64.1 Å². The zero-order chi connectivity index (χ0) is 22.8. The minimum Gasteiger partial charge on any atom is -0.508 e. The third-order valence-electron chi connectivity index (χ3n) is 6.86. The van der Waals surface area contributed by atoms with E-state index < -0.39 is 0 Å². The van der Waals surface area contributed by atoms with Gasteiger partial charge >= 0.3 is 0 Å². The lowest BCUT2D eigenvalue weighted by atomic mass is 9.95. The first-order valence-electron chi connectivity index (χ1n) is 11.7. The Morgan fingerprint density at radius 3 is 2.39 bits per heavy atom. The van der Waals surface area contributed by atoms with E-state index in [-0.39, 0.29) is 23.5 Å². The van der Waals surface area contributed by atoms with E-state index in [2.05, 4.69) is 4.90 Å². The minimum atomic E-state index is -0.148. The summed E-state index contributed by atoms with van der Waals surface area (Å²) in [4.78, 5) is 32.6. The van der Waals surface area contributed by atoms with Crippen LogP contribution in [0.1, 0.15) is 23.2 Å². The summed E-state index contributed by atoms with van der Waals surface area (Å²) < 4.78 is 0. The number of hydrogen-bond acceptors (Lipinski definition) is 4. The first-order chi connectivity index (χ1) is 16.1. The van der Waals surface area contributed by atoms with E-state index in [1.54, 1.807) is 12.1 Å². The van der Waals surface area contributed by atoms with Gasteiger partial charge in [-0.05, 0) is 41.8 Å². The maximum Gasteiger partial charge on any atom is 0.254 e. The lowest BCUT2D eigenvalue weighted by Crippen LogP contribution is -2.53. The van der Waals surface area contributed by atoms with Gasteiger partial charge in [-0.1, -0.05) is 42.5 Å². The molecule has 0 radical (unpaired) electrons. The number of piperazine rings is 1. The Hall–Kier alpha value is -3.54. The van der Waals surface area contributed by atoms with Crippen molar-refractivity contribution in [1.82, 2.24) is 9.80 Å². The van der Waals surface area contributed by atoms with E-state index in [0.29, 0.717) is 31.7 Å². The second kappa shape index (κ2) is 9.14. The number of phenols is 1. The molecule has 2 fully saturated rings. The first kappa shape index (κ1) is 21.3. The second-order valence-corrected chi connectivity index (χ2v) is 8.95. The lowest BCUT2D eigenvalue weighted by Gasteiger charge is -2.39. The van der Waals surface area contributed by atoms with Crippen molar-refractivity contribution >= 4 is 28.3 Å². The Morgan fingerprint density at radius 1 is 0.818 bits per heavy atom. The Morgan fingerprint density at radius 2 is 1.58 bits per heavy atom. The predicted octanol–water partition coefficient (Wildman–Crippen LogP) is 3.75. The Bertz CT molecular complexity index is 1160. The third kappa shape index (κ3) is 4.38. The third-order valence-corrected chi connectivity index (χ3v) is 6.86. The van der Waals surface area contributed by atoms with Gasteiger partial charge in [-0.25, -0.2) is 0 Å². The highest BCUT2D eigenvalue weighted by Gasteiger charge is 2.33. The lowest BCUT2D eigenvalue weighted by molar-refractivity contribution is -0.137. The summed E-state index contributed by atoms with van der Waals surface area (Å²) in [6, 6.07) is 21.0. The summed E-state index contributed by atoms with van der Waals surface area (Å²) in [6.07, 6.45) is 1.67. The summed E-state index contributed by atoms with van der Waals surface area (Å²) in [7, 11) is 0. The minimum absolute atomic E-state index is 0.0120. The molecule has 0 spiro atoms. The molecule has 33 heavy (non-hydrogen) atoms. The van der Waals surface area contributed by atoms with Crippen LogP contribution in [-0.4, -0.2) is 66.0 Å². The van der Waals surface area contributed by atoms with Gasteiger partial charge in [-0.2, -0.15) is 0 Å². The van der Waals surface area contributed by atoms with Crippen molar-refractivity contribution in [3.63, 3.8) is 0 Å². The van der Waals surface area contributed by atoms with Crippen LogP contribution in [-0.2, 0) is 4.79 Å². The number of phenolic OH excluding ortho intramolecular Hbond substituents is 1. The number of hydrogen-bond donors (Lipinski definition) is 1. The zero-order valence-electron chi connectivity index (χ0n) is 18.7. The SMILES string of the molecule is O=C(c1cccc2ccccc12)N1CCCC(C(=O)N2CCN(c3cccc(O)c3)CC2)C1. The molecule has 0 bridgehead atoms. The molecule has 0 saturated carbocycles. The highest BCUT2D eigenvalue weighted by Crippen LogP contribution is 2.26. The van der Waals surface area contributed by atoms with Gasteiger partial charge < -0.3 is 19.8 Å². The number of piperidine rings is 1. The Labute approximate surface area is 194 Å². The van der Waals surface area contributed by atoms with Crippen molar-refractivity contribution in [2.75, 3.05) is 44.2 Å². The van der Waals surface area contributed by atoms with Gasteiger partial charge in [0.15, 0.2) is 0 Å². The molecule has 5 rings (SSSR count). The number of amides is 2. The van der Waals surface area contributed by atoms with Crippen molar-refractivity contribution < 1.29 is 14.7 Å². The van der Waals surface area contributed by atoms with Crippen LogP contribution in [0.2, 0.25) is 0 Å². The average molecular weight is 444 g/mol. The van der Waals surface area contributed by atoms with Crippen molar-refractivity contribution in [3.8, 4) is 5.75 Å². The fourth-order valence-electron chi connectivity index (χ4n) is 5.08. The number of carbonyl (C=O) groups is 2. The molecule has 3 aromatic rings. The molecule has 3 aromatic carbocycles. The molecule has 0 aliphatic carbocycles. The van der Waals surface area contributed by atoms with Crippen molar-refractivity contribution in [3.05, 3.63) is 72.3 Å². The van der Waals surface area contributed by atoms with Crippen LogP contribution in [0.3, 0.4) is 0 Å². The molecule has 170 valence electrons. The number of rotatable bonds is 3. The van der Waals surface area contributed by atoms with Crippen LogP contribution in [0.25, 0.3) is 10.8 Å². The van der Waals surface area contributed by atoms with E-state index in [4.69, 9.17) is 0 Å². The summed E-state index contributed by atoms with van der Waals surface area (Å²) >= 11 is 0. The number of benzene rings is 3.